The Morgan fingerprint density at radius 1 is 1.04 bits per heavy atom. The second-order valence-corrected chi connectivity index (χ2v) is 6.89. The maximum Gasteiger partial charge on any atom is 0.315 e. The SMILES string of the molecule is CCOC(=O)C1CCN(C(=O)CCNC(=O)NC2CCCCC2)CC1. The molecule has 2 aliphatic rings. The molecule has 1 aliphatic heterocycles. The molecule has 0 aromatic carbocycles. The lowest BCUT2D eigenvalue weighted by Gasteiger charge is -2.31. The van der Waals surface area contributed by atoms with E-state index in [0.717, 1.165) is 12.8 Å². The van der Waals surface area contributed by atoms with Crippen molar-refractivity contribution in [3.63, 3.8) is 0 Å². The minimum Gasteiger partial charge on any atom is -0.466 e. The number of ether oxygens (including phenoxy) is 1. The van der Waals surface area contributed by atoms with Crippen LogP contribution in [0.5, 0.6) is 0 Å². The van der Waals surface area contributed by atoms with Gasteiger partial charge in [-0.15, -0.1) is 0 Å². The number of rotatable bonds is 6. The van der Waals surface area contributed by atoms with Gasteiger partial charge in [0.05, 0.1) is 12.5 Å². The average molecular weight is 353 g/mol. The molecule has 25 heavy (non-hydrogen) atoms. The molecule has 1 heterocycles. The fourth-order valence-electron chi connectivity index (χ4n) is 3.55. The molecule has 0 spiro atoms. The summed E-state index contributed by atoms with van der Waals surface area (Å²) >= 11 is 0. The molecule has 1 saturated carbocycles. The lowest BCUT2D eigenvalue weighted by Crippen LogP contribution is -2.45. The molecular formula is C18H31N3O4. The second-order valence-electron chi connectivity index (χ2n) is 6.89. The Morgan fingerprint density at radius 2 is 1.72 bits per heavy atom. The first-order chi connectivity index (χ1) is 12.1. The molecular weight excluding hydrogens is 322 g/mol. The van der Waals surface area contributed by atoms with Crippen molar-refractivity contribution in [3.05, 3.63) is 0 Å². The van der Waals surface area contributed by atoms with Crippen molar-refractivity contribution in [1.82, 2.24) is 15.5 Å². The minimum atomic E-state index is -0.180. The molecule has 1 saturated heterocycles. The molecule has 0 radical (unpaired) electrons. The molecule has 2 fully saturated rings. The van der Waals surface area contributed by atoms with Crippen molar-refractivity contribution >= 4 is 17.9 Å². The maximum absolute atomic E-state index is 12.2. The molecule has 0 unspecified atom stereocenters. The van der Waals surface area contributed by atoms with Gasteiger partial charge in [0.2, 0.25) is 5.91 Å². The van der Waals surface area contributed by atoms with Crippen LogP contribution in [0, 0.1) is 5.92 Å². The summed E-state index contributed by atoms with van der Waals surface area (Å²) in [4.78, 5) is 37.5. The quantitative estimate of drug-likeness (QED) is 0.713. The maximum atomic E-state index is 12.2. The number of nitrogens with one attached hydrogen (secondary N) is 2. The molecule has 7 heteroatoms. The Labute approximate surface area is 149 Å². The van der Waals surface area contributed by atoms with Crippen LogP contribution >= 0.6 is 0 Å². The van der Waals surface area contributed by atoms with Gasteiger partial charge >= 0.3 is 12.0 Å². The molecule has 2 rings (SSSR count). The third kappa shape index (κ3) is 6.55. The number of carbonyl (C=O) groups is 3. The van der Waals surface area contributed by atoms with E-state index < -0.39 is 0 Å². The standard InChI is InChI=1S/C18H31N3O4/c1-2-25-17(23)14-9-12-21(13-10-14)16(22)8-11-19-18(24)20-15-6-4-3-5-7-15/h14-15H,2-13H2,1H3,(H2,19,20,24). The number of nitrogens with zero attached hydrogens (tertiary/aromatic N) is 1. The molecule has 7 nitrogen and oxygen atoms in total. The number of hydrogen-bond donors (Lipinski definition) is 2. The first kappa shape index (κ1) is 19.5. The second kappa shape index (κ2) is 10.3. The number of carbonyl (C=O) groups excluding carboxylic acids is 3. The molecule has 0 aromatic heterocycles. The van der Waals surface area contributed by atoms with E-state index >= 15 is 0 Å². The Bertz CT molecular complexity index is 455. The zero-order valence-electron chi connectivity index (χ0n) is 15.2. The van der Waals surface area contributed by atoms with Gasteiger partial charge in [0.15, 0.2) is 0 Å². The van der Waals surface area contributed by atoms with E-state index in [9.17, 15) is 14.4 Å². The molecule has 1 aliphatic carbocycles. The van der Waals surface area contributed by atoms with Crippen LogP contribution in [0.4, 0.5) is 4.79 Å². The topological polar surface area (TPSA) is 87.7 Å². The predicted molar refractivity (Wildman–Crippen MR) is 94.0 cm³/mol. The normalized spacial score (nSPS) is 19.3. The Kier molecular flexibility index (Phi) is 8.01. The summed E-state index contributed by atoms with van der Waals surface area (Å²) in [6.07, 6.45) is 7.28. The van der Waals surface area contributed by atoms with Crippen molar-refractivity contribution < 1.29 is 19.1 Å². The van der Waals surface area contributed by atoms with E-state index in [-0.39, 0.29) is 29.9 Å². The van der Waals surface area contributed by atoms with E-state index in [4.69, 9.17) is 4.74 Å². The summed E-state index contributed by atoms with van der Waals surface area (Å²) in [7, 11) is 0. The van der Waals surface area contributed by atoms with Gasteiger partial charge in [-0.2, -0.15) is 0 Å². The highest BCUT2D eigenvalue weighted by Gasteiger charge is 2.28. The predicted octanol–water partition coefficient (Wildman–Crippen LogP) is 1.81. The summed E-state index contributed by atoms with van der Waals surface area (Å²) < 4.78 is 5.03. The first-order valence-corrected chi connectivity index (χ1v) is 9.59. The van der Waals surface area contributed by atoms with E-state index in [1.807, 2.05) is 0 Å². The number of amides is 3. The van der Waals surface area contributed by atoms with Gasteiger partial charge in [-0.25, -0.2) is 4.79 Å². The van der Waals surface area contributed by atoms with Gasteiger partial charge in [0.25, 0.3) is 0 Å². The van der Waals surface area contributed by atoms with Gasteiger partial charge in [-0.3, -0.25) is 9.59 Å². The molecule has 0 bridgehead atoms. The van der Waals surface area contributed by atoms with Crippen LogP contribution in [0.25, 0.3) is 0 Å². The smallest absolute Gasteiger partial charge is 0.315 e. The van der Waals surface area contributed by atoms with Crippen molar-refractivity contribution in [3.8, 4) is 0 Å². The number of piperidine rings is 1. The van der Waals surface area contributed by atoms with Gasteiger partial charge in [-0.1, -0.05) is 19.3 Å². The molecule has 142 valence electrons. The largest absolute Gasteiger partial charge is 0.466 e. The van der Waals surface area contributed by atoms with Crippen molar-refractivity contribution in [2.45, 2.75) is 64.3 Å². The first-order valence-electron chi connectivity index (χ1n) is 9.59. The number of likely N-dealkylation sites (tertiary alicyclic amines) is 1. The highest BCUT2D eigenvalue weighted by atomic mass is 16.5. The third-order valence-corrected chi connectivity index (χ3v) is 5.03. The van der Waals surface area contributed by atoms with E-state index in [2.05, 4.69) is 10.6 Å². The molecule has 0 atom stereocenters. The van der Waals surface area contributed by atoms with Crippen LogP contribution in [0.1, 0.15) is 58.3 Å². The lowest BCUT2D eigenvalue weighted by molar-refractivity contribution is -0.151. The van der Waals surface area contributed by atoms with Crippen molar-refractivity contribution in [1.29, 1.82) is 0 Å². The summed E-state index contributed by atoms with van der Waals surface area (Å²) in [5.74, 6) is -0.223. The Morgan fingerprint density at radius 3 is 2.36 bits per heavy atom. The van der Waals surface area contributed by atoms with E-state index in [0.29, 0.717) is 45.5 Å². The number of urea groups is 1. The van der Waals surface area contributed by atoms with Crippen LogP contribution in [0.15, 0.2) is 0 Å². The molecule has 3 amide bonds. The van der Waals surface area contributed by atoms with Crippen LogP contribution < -0.4 is 10.6 Å². The van der Waals surface area contributed by atoms with Gasteiger partial charge in [0.1, 0.15) is 0 Å². The lowest BCUT2D eigenvalue weighted by atomic mass is 9.96. The zero-order valence-corrected chi connectivity index (χ0v) is 15.2. The summed E-state index contributed by atoms with van der Waals surface area (Å²) in [6.45, 7) is 3.70. The monoisotopic (exact) mass is 353 g/mol. The summed E-state index contributed by atoms with van der Waals surface area (Å²) in [6, 6.07) is 0.0899. The fraction of sp³-hybridized carbons (Fsp3) is 0.833. The molecule has 0 aromatic rings. The van der Waals surface area contributed by atoms with Crippen molar-refractivity contribution in [2.75, 3.05) is 26.2 Å². The summed E-state index contributed by atoms with van der Waals surface area (Å²) in [5, 5.41) is 5.75. The van der Waals surface area contributed by atoms with Crippen LogP contribution in [-0.2, 0) is 14.3 Å². The van der Waals surface area contributed by atoms with Gasteiger partial charge < -0.3 is 20.3 Å². The Balaban J connectivity index is 1.59. The van der Waals surface area contributed by atoms with E-state index in [1.54, 1.807) is 11.8 Å². The van der Waals surface area contributed by atoms with E-state index in [1.165, 1.54) is 19.3 Å². The highest BCUT2D eigenvalue weighted by Crippen LogP contribution is 2.19. The Hall–Kier alpha value is -1.79. The van der Waals surface area contributed by atoms with Crippen LogP contribution in [0.3, 0.4) is 0 Å². The highest BCUT2D eigenvalue weighted by molar-refractivity contribution is 5.79. The van der Waals surface area contributed by atoms with Crippen LogP contribution in [-0.4, -0.2) is 55.1 Å². The summed E-state index contributed by atoms with van der Waals surface area (Å²) in [5.41, 5.74) is 0. The zero-order chi connectivity index (χ0) is 18.1. The number of hydrogen-bond acceptors (Lipinski definition) is 4. The van der Waals surface area contributed by atoms with Crippen LogP contribution in [0.2, 0.25) is 0 Å². The average Bonchev–Trinajstić information content (AvgIpc) is 2.63. The minimum absolute atomic E-state index is 0.0280. The third-order valence-electron chi connectivity index (χ3n) is 5.03. The van der Waals surface area contributed by atoms with Gasteiger partial charge in [-0.05, 0) is 32.6 Å². The van der Waals surface area contributed by atoms with Crippen molar-refractivity contribution in [2.24, 2.45) is 5.92 Å². The number of esters is 1. The fourth-order valence-corrected chi connectivity index (χ4v) is 3.55. The van der Waals surface area contributed by atoms with Gasteiger partial charge in [0, 0.05) is 32.1 Å². The molecule has 2 N–H and O–H groups in total.